The molecule has 5 atom stereocenters. The van der Waals surface area contributed by atoms with Crippen molar-refractivity contribution in [2.75, 3.05) is 0 Å². The first-order valence-electron chi connectivity index (χ1n) is 8.70. The highest BCUT2D eigenvalue weighted by molar-refractivity contribution is 5.12. The lowest BCUT2D eigenvalue weighted by molar-refractivity contribution is -0.0548. The first-order valence-corrected chi connectivity index (χ1v) is 8.70. The summed E-state index contributed by atoms with van der Waals surface area (Å²) in [5.74, 6) is 1.74. The van der Waals surface area contributed by atoms with Gasteiger partial charge in [0.05, 0.1) is 11.7 Å². The van der Waals surface area contributed by atoms with E-state index in [1.165, 1.54) is 12.0 Å². The van der Waals surface area contributed by atoms with E-state index in [-0.39, 0.29) is 5.41 Å². The van der Waals surface area contributed by atoms with Gasteiger partial charge in [-0.25, -0.2) is 0 Å². The van der Waals surface area contributed by atoms with Crippen LogP contribution in [0.3, 0.4) is 0 Å². The van der Waals surface area contributed by atoms with Gasteiger partial charge in [-0.1, -0.05) is 32.1 Å². The molecule has 1 saturated carbocycles. The van der Waals surface area contributed by atoms with Gasteiger partial charge >= 0.3 is 0 Å². The molecule has 1 aliphatic rings. The molecule has 0 bridgehead atoms. The minimum absolute atomic E-state index is 0.175. The fourth-order valence-corrected chi connectivity index (χ4v) is 3.90. The SMILES string of the molecule is C=CC1(C)CCC(C(C)CCC(O)C(C)(C)O)CC1C(=C)C. The van der Waals surface area contributed by atoms with Gasteiger partial charge in [-0.2, -0.15) is 0 Å². The molecule has 1 fully saturated rings. The molecule has 22 heavy (non-hydrogen) atoms. The molecule has 128 valence electrons. The lowest BCUT2D eigenvalue weighted by atomic mass is 9.60. The fourth-order valence-electron chi connectivity index (χ4n) is 3.90. The third-order valence-corrected chi connectivity index (χ3v) is 5.97. The van der Waals surface area contributed by atoms with Gasteiger partial charge in [0.1, 0.15) is 0 Å². The van der Waals surface area contributed by atoms with Crippen LogP contribution in [0.2, 0.25) is 0 Å². The van der Waals surface area contributed by atoms with Crippen LogP contribution in [0.4, 0.5) is 0 Å². The van der Waals surface area contributed by atoms with Crippen molar-refractivity contribution in [2.45, 2.75) is 78.4 Å². The van der Waals surface area contributed by atoms with E-state index in [1.54, 1.807) is 13.8 Å². The first-order chi connectivity index (χ1) is 10.0. The van der Waals surface area contributed by atoms with Crippen LogP contribution >= 0.6 is 0 Å². The van der Waals surface area contributed by atoms with Crippen LogP contribution in [0.25, 0.3) is 0 Å². The summed E-state index contributed by atoms with van der Waals surface area (Å²) in [7, 11) is 0. The second-order valence-corrected chi connectivity index (χ2v) is 8.37. The van der Waals surface area contributed by atoms with Crippen molar-refractivity contribution in [2.24, 2.45) is 23.2 Å². The molecule has 0 spiro atoms. The van der Waals surface area contributed by atoms with E-state index in [0.29, 0.717) is 24.2 Å². The summed E-state index contributed by atoms with van der Waals surface area (Å²) in [5, 5.41) is 19.9. The highest BCUT2D eigenvalue weighted by Gasteiger charge is 2.39. The summed E-state index contributed by atoms with van der Waals surface area (Å²) in [6.45, 7) is 18.3. The zero-order valence-electron chi connectivity index (χ0n) is 15.2. The van der Waals surface area contributed by atoms with E-state index >= 15 is 0 Å². The number of hydrogen-bond acceptors (Lipinski definition) is 2. The molecule has 0 saturated heterocycles. The Morgan fingerprint density at radius 3 is 2.45 bits per heavy atom. The van der Waals surface area contributed by atoms with Gasteiger partial charge in [-0.3, -0.25) is 0 Å². The third kappa shape index (κ3) is 4.70. The van der Waals surface area contributed by atoms with Crippen LogP contribution in [-0.2, 0) is 0 Å². The van der Waals surface area contributed by atoms with Crippen molar-refractivity contribution in [3.05, 3.63) is 24.8 Å². The van der Waals surface area contributed by atoms with E-state index in [4.69, 9.17) is 0 Å². The zero-order chi connectivity index (χ0) is 17.1. The Kier molecular flexibility index (Phi) is 6.46. The molecular formula is C20H36O2. The van der Waals surface area contributed by atoms with Crippen molar-refractivity contribution in [1.29, 1.82) is 0 Å². The van der Waals surface area contributed by atoms with Crippen LogP contribution in [0.5, 0.6) is 0 Å². The molecule has 2 nitrogen and oxygen atoms in total. The van der Waals surface area contributed by atoms with Gasteiger partial charge in [-0.05, 0) is 76.0 Å². The highest BCUT2D eigenvalue weighted by atomic mass is 16.3. The lowest BCUT2D eigenvalue weighted by Crippen LogP contribution is -2.37. The summed E-state index contributed by atoms with van der Waals surface area (Å²) in [6, 6.07) is 0. The number of allylic oxidation sites excluding steroid dienone is 2. The maximum absolute atomic E-state index is 10.0. The minimum atomic E-state index is -1.01. The number of aliphatic hydroxyl groups excluding tert-OH is 1. The molecule has 5 unspecified atom stereocenters. The van der Waals surface area contributed by atoms with Gasteiger partial charge in [0.2, 0.25) is 0 Å². The monoisotopic (exact) mass is 308 g/mol. The summed E-state index contributed by atoms with van der Waals surface area (Å²) >= 11 is 0. The van der Waals surface area contributed by atoms with E-state index in [2.05, 4.69) is 40.0 Å². The molecule has 2 heteroatoms. The van der Waals surface area contributed by atoms with Crippen LogP contribution in [0, 0.1) is 23.2 Å². The van der Waals surface area contributed by atoms with Crippen molar-refractivity contribution in [1.82, 2.24) is 0 Å². The number of rotatable bonds is 7. The van der Waals surface area contributed by atoms with Gasteiger partial charge in [0, 0.05) is 0 Å². The normalized spacial score (nSPS) is 32.3. The standard InChI is InChI=1S/C20H36O2/c1-8-20(7)12-11-16(13-17(20)14(2)3)15(4)9-10-18(21)19(5,6)22/h8,15-18,21-22H,1-2,9-13H2,3-7H3. The average Bonchev–Trinajstić information content (AvgIpc) is 2.43. The number of hydrogen-bond donors (Lipinski definition) is 2. The maximum atomic E-state index is 10.0. The molecule has 0 heterocycles. The summed E-state index contributed by atoms with van der Waals surface area (Å²) in [4.78, 5) is 0. The Labute approximate surface area is 137 Å². The molecule has 1 aliphatic carbocycles. The van der Waals surface area contributed by atoms with Gasteiger partial charge in [0.15, 0.2) is 0 Å². The Hall–Kier alpha value is -0.600. The molecule has 1 rings (SSSR count). The van der Waals surface area contributed by atoms with Crippen LogP contribution in [0.15, 0.2) is 24.8 Å². The van der Waals surface area contributed by atoms with E-state index in [9.17, 15) is 10.2 Å². The van der Waals surface area contributed by atoms with E-state index < -0.39 is 11.7 Å². The fraction of sp³-hybridized carbons (Fsp3) is 0.800. The highest BCUT2D eigenvalue weighted by Crippen LogP contribution is 2.49. The second-order valence-electron chi connectivity index (χ2n) is 8.37. The Bertz CT molecular complexity index is 393. The molecule has 0 radical (unpaired) electrons. The maximum Gasteiger partial charge on any atom is 0.0849 e. The van der Waals surface area contributed by atoms with Gasteiger partial charge in [0.25, 0.3) is 0 Å². The largest absolute Gasteiger partial charge is 0.390 e. The molecule has 0 aromatic rings. The van der Waals surface area contributed by atoms with E-state index in [0.717, 1.165) is 19.3 Å². The molecular weight excluding hydrogens is 272 g/mol. The molecule has 0 aliphatic heterocycles. The lowest BCUT2D eigenvalue weighted by Gasteiger charge is -2.45. The average molecular weight is 309 g/mol. The van der Waals surface area contributed by atoms with Crippen molar-refractivity contribution in [3.63, 3.8) is 0 Å². The molecule has 0 amide bonds. The van der Waals surface area contributed by atoms with Crippen LogP contribution < -0.4 is 0 Å². The first kappa shape index (κ1) is 19.4. The van der Waals surface area contributed by atoms with Crippen molar-refractivity contribution in [3.8, 4) is 0 Å². The molecule has 0 aromatic heterocycles. The minimum Gasteiger partial charge on any atom is -0.390 e. The predicted octanol–water partition coefficient (Wildman–Crippen LogP) is 4.72. The summed E-state index contributed by atoms with van der Waals surface area (Å²) in [6.07, 6.45) is 6.64. The third-order valence-electron chi connectivity index (χ3n) is 5.97. The number of aliphatic hydroxyl groups is 2. The smallest absolute Gasteiger partial charge is 0.0849 e. The Morgan fingerprint density at radius 1 is 1.41 bits per heavy atom. The second kappa shape index (κ2) is 7.31. The predicted molar refractivity (Wildman–Crippen MR) is 94.7 cm³/mol. The topological polar surface area (TPSA) is 40.5 Å². The van der Waals surface area contributed by atoms with Gasteiger partial charge in [-0.15, -0.1) is 6.58 Å². The van der Waals surface area contributed by atoms with Crippen molar-refractivity contribution < 1.29 is 10.2 Å². The Morgan fingerprint density at radius 2 is 2.00 bits per heavy atom. The van der Waals surface area contributed by atoms with Gasteiger partial charge < -0.3 is 10.2 Å². The van der Waals surface area contributed by atoms with Crippen LogP contribution in [-0.4, -0.2) is 21.9 Å². The van der Waals surface area contributed by atoms with E-state index in [1.807, 2.05) is 0 Å². The van der Waals surface area contributed by atoms with Crippen molar-refractivity contribution >= 4 is 0 Å². The van der Waals surface area contributed by atoms with Crippen LogP contribution in [0.1, 0.15) is 66.7 Å². The summed E-state index contributed by atoms with van der Waals surface area (Å²) < 4.78 is 0. The zero-order valence-corrected chi connectivity index (χ0v) is 15.2. The summed E-state index contributed by atoms with van der Waals surface area (Å²) in [5.41, 5.74) is 0.429. The molecule has 0 aromatic carbocycles. The molecule has 2 N–H and O–H groups in total. The quantitative estimate of drug-likeness (QED) is 0.668. The Balaban J connectivity index is 2.63.